The Bertz CT molecular complexity index is 374. The SMILES string of the molecule is CN(CCCCCO)C(=O)C1CC(=O)N(CC(F)(F)F)C1. The maximum Gasteiger partial charge on any atom is 0.406 e. The third-order valence-corrected chi connectivity index (χ3v) is 3.46. The van der Waals surface area contributed by atoms with Crippen molar-refractivity contribution in [1.29, 1.82) is 0 Å². The van der Waals surface area contributed by atoms with E-state index in [1.54, 1.807) is 7.05 Å². The summed E-state index contributed by atoms with van der Waals surface area (Å²) >= 11 is 0. The molecule has 8 heteroatoms. The summed E-state index contributed by atoms with van der Waals surface area (Å²) in [7, 11) is 1.58. The molecule has 1 fully saturated rings. The standard InChI is InChI=1S/C13H21F3N2O3/c1-17(5-3-2-4-6-19)12(21)10-7-11(20)18(8-10)9-13(14,15)16/h10,19H,2-9H2,1H3. The smallest absolute Gasteiger partial charge is 0.396 e. The summed E-state index contributed by atoms with van der Waals surface area (Å²) in [6.07, 6.45) is -2.45. The second-order valence-corrected chi connectivity index (χ2v) is 5.33. The van der Waals surface area contributed by atoms with Crippen LogP contribution >= 0.6 is 0 Å². The number of rotatable bonds is 7. The zero-order valence-electron chi connectivity index (χ0n) is 12.0. The number of carbonyl (C=O) groups is 2. The average Bonchev–Trinajstić information content (AvgIpc) is 2.73. The van der Waals surface area contributed by atoms with Crippen molar-refractivity contribution >= 4 is 11.8 Å². The Hall–Kier alpha value is -1.31. The molecule has 1 atom stereocenters. The third kappa shape index (κ3) is 5.91. The fraction of sp³-hybridized carbons (Fsp3) is 0.846. The highest BCUT2D eigenvalue weighted by molar-refractivity contribution is 5.89. The minimum atomic E-state index is -4.44. The fourth-order valence-electron chi connectivity index (χ4n) is 2.37. The Balaban J connectivity index is 2.43. The molecule has 0 saturated carbocycles. The normalized spacial score (nSPS) is 19.2. The van der Waals surface area contributed by atoms with Crippen LogP contribution in [-0.4, -0.2) is 66.2 Å². The van der Waals surface area contributed by atoms with Crippen molar-refractivity contribution in [2.45, 2.75) is 31.9 Å². The lowest BCUT2D eigenvalue weighted by atomic mass is 10.1. The highest BCUT2D eigenvalue weighted by Gasteiger charge is 2.41. The number of halogens is 3. The largest absolute Gasteiger partial charge is 0.406 e. The summed E-state index contributed by atoms with van der Waals surface area (Å²) in [5.74, 6) is -1.61. The Morgan fingerprint density at radius 1 is 1.38 bits per heavy atom. The van der Waals surface area contributed by atoms with Crippen molar-refractivity contribution < 1.29 is 27.9 Å². The van der Waals surface area contributed by atoms with Crippen molar-refractivity contribution in [3.8, 4) is 0 Å². The number of likely N-dealkylation sites (tertiary alicyclic amines) is 1. The van der Waals surface area contributed by atoms with E-state index in [0.717, 1.165) is 12.8 Å². The predicted octanol–water partition coefficient (Wildman–Crippen LogP) is 1.02. The molecule has 0 spiro atoms. The van der Waals surface area contributed by atoms with Crippen LogP contribution < -0.4 is 0 Å². The predicted molar refractivity (Wildman–Crippen MR) is 69.3 cm³/mol. The Labute approximate surface area is 121 Å². The molecule has 1 unspecified atom stereocenters. The number of carbonyl (C=O) groups excluding carboxylic acids is 2. The molecule has 1 rings (SSSR count). The van der Waals surface area contributed by atoms with E-state index < -0.39 is 24.5 Å². The molecule has 1 heterocycles. The molecule has 0 aromatic heterocycles. The van der Waals surface area contributed by atoms with E-state index in [-0.39, 0.29) is 25.5 Å². The van der Waals surface area contributed by atoms with Gasteiger partial charge in [-0.25, -0.2) is 0 Å². The van der Waals surface area contributed by atoms with Gasteiger partial charge in [-0.15, -0.1) is 0 Å². The van der Waals surface area contributed by atoms with E-state index in [1.807, 2.05) is 0 Å². The van der Waals surface area contributed by atoms with Crippen LogP contribution in [0, 0.1) is 5.92 Å². The van der Waals surface area contributed by atoms with Crippen LogP contribution in [0.25, 0.3) is 0 Å². The van der Waals surface area contributed by atoms with E-state index in [1.165, 1.54) is 4.90 Å². The highest BCUT2D eigenvalue weighted by Crippen LogP contribution is 2.24. The average molecular weight is 310 g/mol. The van der Waals surface area contributed by atoms with Gasteiger partial charge in [0.2, 0.25) is 11.8 Å². The second-order valence-electron chi connectivity index (χ2n) is 5.33. The Kier molecular flexibility index (Phi) is 6.44. The molecule has 1 aliphatic heterocycles. The molecular formula is C13H21F3N2O3. The molecule has 0 aromatic rings. The van der Waals surface area contributed by atoms with Gasteiger partial charge in [0, 0.05) is 33.2 Å². The molecule has 2 amide bonds. The fourth-order valence-corrected chi connectivity index (χ4v) is 2.37. The maximum absolute atomic E-state index is 12.3. The van der Waals surface area contributed by atoms with E-state index in [9.17, 15) is 22.8 Å². The van der Waals surface area contributed by atoms with Gasteiger partial charge in [-0.1, -0.05) is 0 Å². The summed E-state index contributed by atoms with van der Waals surface area (Å²) < 4.78 is 36.9. The number of aliphatic hydroxyl groups excluding tert-OH is 1. The molecule has 0 bridgehead atoms. The highest BCUT2D eigenvalue weighted by atomic mass is 19.4. The van der Waals surface area contributed by atoms with Crippen LogP contribution in [0.15, 0.2) is 0 Å². The van der Waals surface area contributed by atoms with Crippen LogP contribution in [0.5, 0.6) is 0 Å². The molecule has 122 valence electrons. The molecule has 21 heavy (non-hydrogen) atoms. The molecule has 0 radical (unpaired) electrons. The first-order valence-corrected chi connectivity index (χ1v) is 6.95. The van der Waals surface area contributed by atoms with E-state index in [4.69, 9.17) is 5.11 Å². The van der Waals surface area contributed by atoms with Crippen LogP contribution in [0.1, 0.15) is 25.7 Å². The molecule has 1 aliphatic rings. The maximum atomic E-state index is 12.3. The first-order chi connectivity index (χ1) is 9.74. The number of unbranched alkanes of at least 4 members (excludes halogenated alkanes) is 2. The first-order valence-electron chi connectivity index (χ1n) is 6.95. The lowest BCUT2D eigenvalue weighted by molar-refractivity contribution is -0.157. The van der Waals surface area contributed by atoms with Crippen molar-refractivity contribution in [3.05, 3.63) is 0 Å². The number of hydrogen-bond acceptors (Lipinski definition) is 3. The number of alkyl halides is 3. The van der Waals surface area contributed by atoms with Gasteiger partial charge in [0.05, 0.1) is 5.92 Å². The summed E-state index contributed by atoms with van der Waals surface area (Å²) in [5.41, 5.74) is 0. The van der Waals surface area contributed by atoms with Crippen LogP contribution in [0.2, 0.25) is 0 Å². The van der Waals surface area contributed by atoms with Gasteiger partial charge in [-0.05, 0) is 19.3 Å². The zero-order chi connectivity index (χ0) is 16.0. The van der Waals surface area contributed by atoms with Crippen LogP contribution in [-0.2, 0) is 9.59 Å². The van der Waals surface area contributed by atoms with Crippen molar-refractivity contribution in [1.82, 2.24) is 9.80 Å². The summed E-state index contributed by atoms with van der Waals surface area (Å²) in [6.45, 7) is -0.891. The van der Waals surface area contributed by atoms with E-state index in [2.05, 4.69) is 0 Å². The Morgan fingerprint density at radius 3 is 2.62 bits per heavy atom. The monoisotopic (exact) mass is 310 g/mol. The lowest BCUT2D eigenvalue weighted by Gasteiger charge is -2.22. The number of hydrogen-bond donors (Lipinski definition) is 1. The van der Waals surface area contributed by atoms with E-state index in [0.29, 0.717) is 17.9 Å². The molecule has 0 aliphatic carbocycles. The van der Waals surface area contributed by atoms with Crippen LogP contribution in [0.4, 0.5) is 13.2 Å². The van der Waals surface area contributed by atoms with Crippen molar-refractivity contribution in [3.63, 3.8) is 0 Å². The van der Waals surface area contributed by atoms with Gasteiger partial charge < -0.3 is 14.9 Å². The van der Waals surface area contributed by atoms with Crippen molar-refractivity contribution in [2.75, 3.05) is 33.3 Å². The third-order valence-electron chi connectivity index (χ3n) is 3.46. The number of nitrogens with zero attached hydrogens (tertiary/aromatic N) is 2. The minimum absolute atomic E-state index is 0.0984. The van der Waals surface area contributed by atoms with Gasteiger partial charge in [0.1, 0.15) is 6.54 Å². The molecular weight excluding hydrogens is 289 g/mol. The lowest BCUT2D eigenvalue weighted by Crippen LogP contribution is -2.38. The van der Waals surface area contributed by atoms with Crippen molar-refractivity contribution in [2.24, 2.45) is 5.92 Å². The molecule has 1 saturated heterocycles. The van der Waals surface area contributed by atoms with Gasteiger partial charge in [0.15, 0.2) is 0 Å². The van der Waals surface area contributed by atoms with Gasteiger partial charge in [0.25, 0.3) is 0 Å². The minimum Gasteiger partial charge on any atom is -0.396 e. The number of amides is 2. The first kappa shape index (κ1) is 17.7. The van der Waals surface area contributed by atoms with E-state index >= 15 is 0 Å². The molecule has 0 aromatic carbocycles. The van der Waals surface area contributed by atoms with Gasteiger partial charge in [-0.3, -0.25) is 9.59 Å². The quantitative estimate of drug-likeness (QED) is 0.714. The summed E-state index contributed by atoms with van der Waals surface area (Å²) in [4.78, 5) is 25.7. The second kappa shape index (κ2) is 7.63. The zero-order valence-corrected chi connectivity index (χ0v) is 12.0. The molecule has 5 nitrogen and oxygen atoms in total. The summed E-state index contributed by atoms with van der Waals surface area (Å²) in [5, 5.41) is 8.65. The molecule has 1 N–H and O–H groups in total. The summed E-state index contributed by atoms with van der Waals surface area (Å²) in [6, 6.07) is 0. The van der Waals surface area contributed by atoms with Gasteiger partial charge in [-0.2, -0.15) is 13.2 Å². The Morgan fingerprint density at radius 2 is 2.05 bits per heavy atom. The van der Waals surface area contributed by atoms with Crippen LogP contribution in [0.3, 0.4) is 0 Å². The topological polar surface area (TPSA) is 60.9 Å². The number of aliphatic hydroxyl groups is 1. The van der Waals surface area contributed by atoms with Gasteiger partial charge >= 0.3 is 6.18 Å².